The highest BCUT2D eigenvalue weighted by Crippen LogP contribution is 2.14. The van der Waals surface area contributed by atoms with Gasteiger partial charge in [0.1, 0.15) is 6.54 Å². The van der Waals surface area contributed by atoms with Crippen LogP contribution >= 0.6 is 0 Å². The number of aryl methyl sites for hydroxylation is 2. The fourth-order valence-corrected chi connectivity index (χ4v) is 3.37. The van der Waals surface area contributed by atoms with Gasteiger partial charge in [-0.3, -0.25) is 9.59 Å². The third kappa shape index (κ3) is 6.14. The molecule has 0 fully saturated rings. The minimum atomic E-state index is -3.89. The van der Waals surface area contributed by atoms with Gasteiger partial charge in [0.25, 0.3) is 5.91 Å². The highest BCUT2D eigenvalue weighted by Gasteiger charge is 2.21. The first-order valence-electron chi connectivity index (χ1n) is 8.70. The highest BCUT2D eigenvalue weighted by molar-refractivity contribution is 7.89. The van der Waals surface area contributed by atoms with Crippen molar-refractivity contribution in [2.45, 2.75) is 31.8 Å². The van der Waals surface area contributed by atoms with Crippen molar-refractivity contribution in [3.63, 3.8) is 0 Å². The molecule has 29 heavy (non-hydrogen) atoms. The van der Waals surface area contributed by atoms with Crippen LogP contribution in [0.1, 0.15) is 23.6 Å². The molecule has 0 unspecified atom stereocenters. The van der Waals surface area contributed by atoms with Crippen molar-refractivity contribution >= 4 is 27.6 Å². The molecule has 9 heteroatoms. The first kappa shape index (κ1) is 22.1. The van der Waals surface area contributed by atoms with E-state index >= 15 is 0 Å². The van der Waals surface area contributed by atoms with E-state index in [-0.39, 0.29) is 4.90 Å². The molecular weight excluding hydrogens is 394 g/mol. The SMILES string of the molecule is Cc1ccc(S(=O)(=O)NCC(=O)O[C@H](C)C(=O)Nc2cccc(C#N)c2)cc1C. The van der Waals surface area contributed by atoms with Gasteiger partial charge in [0.2, 0.25) is 10.0 Å². The van der Waals surface area contributed by atoms with Crippen molar-refractivity contribution < 1.29 is 22.7 Å². The zero-order chi connectivity index (χ0) is 21.6. The van der Waals surface area contributed by atoms with E-state index in [1.54, 1.807) is 31.2 Å². The average molecular weight is 415 g/mol. The Balaban J connectivity index is 1.91. The second-order valence-corrected chi connectivity index (χ2v) is 8.15. The summed E-state index contributed by atoms with van der Waals surface area (Å²) in [5.74, 6) is -1.50. The number of carbonyl (C=O) groups excluding carboxylic acids is 2. The quantitative estimate of drug-likeness (QED) is 0.667. The van der Waals surface area contributed by atoms with Gasteiger partial charge in [-0.2, -0.15) is 9.98 Å². The number of hydrogen-bond donors (Lipinski definition) is 2. The number of hydrogen-bond acceptors (Lipinski definition) is 6. The number of carbonyl (C=O) groups is 2. The number of ether oxygens (including phenoxy) is 1. The lowest BCUT2D eigenvalue weighted by Crippen LogP contribution is -2.35. The van der Waals surface area contributed by atoms with Crippen LogP contribution in [0.2, 0.25) is 0 Å². The largest absolute Gasteiger partial charge is 0.452 e. The maximum absolute atomic E-state index is 12.3. The molecule has 0 aliphatic heterocycles. The Morgan fingerprint density at radius 1 is 1.14 bits per heavy atom. The van der Waals surface area contributed by atoms with E-state index in [0.717, 1.165) is 11.1 Å². The van der Waals surface area contributed by atoms with Gasteiger partial charge in [0.05, 0.1) is 16.5 Å². The lowest BCUT2D eigenvalue weighted by Gasteiger charge is -2.14. The molecule has 0 spiro atoms. The predicted molar refractivity (Wildman–Crippen MR) is 106 cm³/mol. The number of anilines is 1. The number of rotatable bonds is 7. The summed E-state index contributed by atoms with van der Waals surface area (Å²) in [4.78, 5) is 24.1. The van der Waals surface area contributed by atoms with Crippen molar-refractivity contribution in [3.8, 4) is 6.07 Å². The van der Waals surface area contributed by atoms with Crippen LogP contribution in [0.3, 0.4) is 0 Å². The number of amides is 1. The van der Waals surface area contributed by atoms with Gasteiger partial charge in [-0.1, -0.05) is 12.1 Å². The molecule has 1 amide bonds. The summed E-state index contributed by atoms with van der Waals surface area (Å²) < 4.78 is 31.7. The smallest absolute Gasteiger partial charge is 0.321 e. The number of nitriles is 1. The van der Waals surface area contributed by atoms with Crippen LogP contribution in [0.15, 0.2) is 47.4 Å². The number of esters is 1. The third-order valence-electron chi connectivity index (χ3n) is 4.13. The summed E-state index contributed by atoms with van der Waals surface area (Å²) in [6.07, 6.45) is -1.15. The van der Waals surface area contributed by atoms with Gasteiger partial charge in [-0.15, -0.1) is 0 Å². The molecule has 0 aromatic heterocycles. The summed E-state index contributed by atoms with van der Waals surface area (Å²) in [7, 11) is -3.89. The van der Waals surface area contributed by atoms with Crippen molar-refractivity contribution in [1.82, 2.24) is 4.72 Å². The molecule has 2 N–H and O–H groups in total. The summed E-state index contributed by atoms with van der Waals surface area (Å²) in [6.45, 7) is 4.39. The minimum Gasteiger partial charge on any atom is -0.452 e. The van der Waals surface area contributed by atoms with E-state index in [4.69, 9.17) is 10.00 Å². The topological polar surface area (TPSA) is 125 Å². The zero-order valence-electron chi connectivity index (χ0n) is 16.2. The van der Waals surface area contributed by atoms with Crippen LogP contribution in [0.25, 0.3) is 0 Å². The van der Waals surface area contributed by atoms with E-state index in [0.29, 0.717) is 11.3 Å². The number of sulfonamides is 1. The van der Waals surface area contributed by atoms with E-state index < -0.39 is 34.5 Å². The normalized spacial score (nSPS) is 11.9. The van der Waals surface area contributed by atoms with Crippen LogP contribution < -0.4 is 10.0 Å². The fourth-order valence-electron chi connectivity index (χ4n) is 2.32. The molecule has 0 heterocycles. The highest BCUT2D eigenvalue weighted by atomic mass is 32.2. The van der Waals surface area contributed by atoms with Crippen molar-refractivity contribution in [1.29, 1.82) is 5.26 Å². The van der Waals surface area contributed by atoms with E-state index in [9.17, 15) is 18.0 Å². The maximum atomic E-state index is 12.3. The molecule has 2 aromatic rings. The van der Waals surface area contributed by atoms with Crippen molar-refractivity contribution in [2.24, 2.45) is 0 Å². The van der Waals surface area contributed by atoms with Crippen LogP contribution in [-0.4, -0.2) is 32.9 Å². The molecule has 0 saturated carbocycles. The molecule has 8 nitrogen and oxygen atoms in total. The Kier molecular flexibility index (Phi) is 7.09. The Morgan fingerprint density at radius 2 is 1.86 bits per heavy atom. The van der Waals surface area contributed by atoms with Crippen LogP contribution in [0.4, 0.5) is 5.69 Å². The van der Waals surface area contributed by atoms with Gasteiger partial charge in [-0.25, -0.2) is 8.42 Å². The molecule has 1 atom stereocenters. The van der Waals surface area contributed by atoms with Crippen molar-refractivity contribution in [2.75, 3.05) is 11.9 Å². The van der Waals surface area contributed by atoms with Gasteiger partial charge < -0.3 is 10.1 Å². The predicted octanol–water partition coefficient (Wildman–Crippen LogP) is 2.02. The van der Waals surface area contributed by atoms with Crippen LogP contribution in [0.5, 0.6) is 0 Å². The average Bonchev–Trinajstić information content (AvgIpc) is 2.68. The monoisotopic (exact) mass is 415 g/mol. The zero-order valence-corrected chi connectivity index (χ0v) is 17.0. The molecule has 0 saturated heterocycles. The Morgan fingerprint density at radius 3 is 2.52 bits per heavy atom. The summed E-state index contributed by atoms with van der Waals surface area (Å²) >= 11 is 0. The summed E-state index contributed by atoms with van der Waals surface area (Å²) in [5, 5.41) is 11.4. The lowest BCUT2D eigenvalue weighted by molar-refractivity contribution is -0.151. The second-order valence-electron chi connectivity index (χ2n) is 6.38. The molecule has 0 aliphatic carbocycles. The van der Waals surface area contributed by atoms with Gasteiger partial charge in [0.15, 0.2) is 6.10 Å². The molecule has 152 valence electrons. The Labute approximate surface area is 169 Å². The molecule has 0 aliphatic rings. The van der Waals surface area contributed by atoms with Gasteiger partial charge >= 0.3 is 5.97 Å². The summed E-state index contributed by atoms with van der Waals surface area (Å²) in [5.41, 5.74) is 2.50. The first-order chi connectivity index (χ1) is 13.6. The molecule has 0 radical (unpaired) electrons. The molecular formula is C20H21N3O5S. The molecule has 2 rings (SSSR count). The molecule has 2 aromatic carbocycles. The second kappa shape index (κ2) is 9.32. The van der Waals surface area contributed by atoms with Crippen LogP contribution in [0, 0.1) is 25.2 Å². The Hall–Kier alpha value is -3.22. The van der Waals surface area contributed by atoms with Crippen molar-refractivity contribution in [3.05, 3.63) is 59.2 Å². The number of nitrogens with zero attached hydrogens (tertiary/aromatic N) is 1. The Bertz CT molecular complexity index is 1070. The number of benzene rings is 2. The minimum absolute atomic E-state index is 0.0385. The lowest BCUT2D eigenvalue weighted by atomic mass is 10.1. The van der Waals surface area contributed by atoms with Crippen LogP contribution in [-0.2, 0) is 24.3 Å². The molecule has 0 bridgehead atoms. The van der Waals surface area contributed by atoms with Gasteiger partial charge in [-0.05, 0) is 62.2 Å². The summed E-state index contributed by atoms with van der Waals surface area (Å²) in [6, 6.07) is 12.8. The first-order valence-corrected chi connectivity index (χ1v) is 10.2. The number of nitrogens with one attached hydrogen (secondary N) is 2. The fraction of sp³-hybridized carbons (Fsp3) is 0.250. The van der Waals surface area contributed by atoms with E-state index in [1.807, 2.05) is 13.0 Å². The maximum Gasteiger partial charge on any atom is 0.321 e. The standard InChI is InChI=1S/C20H21N3O5S/c1-13-7-8-18(9-14(13)2)29(26,27)22-12-19(24)28-15(3)20(25)23-17-6-4-5-16(10-17)11-21/h4-10,15,22H,12H2,1-3H3,(H,23,25)/t15-/m1/s1. The van der Waals surface area contributed by atoms with E-state index in [1.165, 1.54) is 25.1 Å². The van der Waals surface area contributed by atoms with Gasteiger partial charge in [0, 0.05) is 5.69 Å². The third-order valence-corrected chi connectivity index (χ3v) is 5.53. The van der Waals surface area contributed by atoms with E-state index in [2.05, 4.69) is 10.0 Å².